The van der Waals surface area contributed by atoms with E-state index in [1.807, 2.05) is 19.1 Å². The summed E-state index contributed by atoms with van der Waals surface area (Å²) < 4.78 is 37.4. The molecule has 8 heteroatoms. The Morgan fingerprint density at radius 1 is 1.17 bits per heavy atom. The number of ether oxygens (including phenoxy) is 2. The van der Waals surface area contributed by atoms with Crippen molar-refractivity contribution in [1.82, 2.24) is 4.72 Å². The largest absolute Gasteiger partial charge is 0.486 e. The number of benzene rings is 1. The Morgan fingerprint density at radius 2 is 1.91 bits per heavy atom. The first kappa shape index (κ1) is 15.8. The zero-order chi connectivity index (χ0) is 16.4. The molecule has 0 unspecified atom stereocenters. The summed E-state index contributed by atoms with van der Waals surface area (Å²) in [5.74, 6) is 0.290. The van der Waals surface area contributed by atoms with Gasteiger partial charge in [-0.1, -0.05) is 0 Å². The molecule has 6 nitrogen and oxygen atoms in total. The van der Waals surface area contributed by atoms with Gasteiger partial charge >= 0.3 is 0 Å². The average molecular weight is 353 g/mol. The maximum Gasteiger partial charge on any atom is 0.264 e. The molecule has 0 atom stereocenters. The van der Waals surface area contributed by atoms with Gasteiger partial charge in [0.1, 0.15) is 13.2 Å². The van der Waals surface area contributed by atoms with Crippen LogP contribution in [0.15, 0.2) is 35.2 Å². The van der Waals surface area contributed by atoms with Crippen LogP contribution in [0.4, 0.5) is 0 Å². The van der Waals surface area contributed by atoms with Crippen LogP contribution in [0.5, 0.6) is 11.5 Å². The third-order valence-electron chi connectivity index (χ3n) is 3.20. The van der Waals surface area contributed by atoms with E-state index in [2.05, 4.69) is 4.72 Å². The topological polar surface area (TPSA) is 81.7 Å². The highest BCUT2D eigenvalue weighted by Gasteiger charge is 2.21. The fourth-order valence-corrected chi connectivity index (χ4v) is 4.06. The number of carbonyl (C=O) groups excluding carboxylic acids is 1. The van der Waals surface area contributed by atoms with E-state index < -0.39 is 15.9 Å². The average Bonchev–Trinajstić information content (AvgIpc) is 2.91. The van der Waals surface area contributed by atoms with Crippen LogP contribution in [0, 0.1) is 6.92 Å². The van der Waals surface area contributed by atoms with E-state index in [0.717, 1.165) is 9.75 Å². The van der Waals surface area contributed by atoms with Crippen molar-refractivity contribution in [2.45, 2.75) is 18.2 Å². The van der Waals surface area contributed by atoms with Gasteiger partial charge in [-0.3, -0.25) is 4.79 Å². The number of aryl methyl sites for hydroxylation is 1. The molecule has 0 spiro atoms. The molecule has 2 aromatic rings. The van der Waals surface area contributed by atoms with Crippen LogP contribution in [-0.4, -0.2) is 27.5 Å². The summed E-state index contributed by atoms with van der Waals surface area (Å²) in [4.78, 5) is 13.8. The van der Waals surface area contributed by atoms with Crippen LogP contribution in [0.25, 0.3) is 0 Å². The normalized spacial score (nSPS) is 13.6. The molecule has 0 fully saturated rings. The first-order valence-electron chi connectivity index (χ1n) is 6.95. The minimum atomic E-state index is -3.94. The maximum atomic E-state index is 12.3. The number of thiophene rings is 1. The molecule has 0 bridgehead atoms. The number of rotatable bonds is 4. The zero-order valence-corrected chi connectivity index (χ0v) is 14.0. The second-order valence-electron chi connectivity index (χ2n) is 5.02. The lowest BCUT2D eigenvalue weighted by atomic mass is 10.3. The highest BCUT2D eigenvalue weighted by Crippen LogP contribution is 2.32. The lowest BCUT2D eigenvalue weighted by Crippen LogP contribution is -2.31. The van der Waals surface area contributed by atoms with Gasteiger partial charge in [0, 0.05) is 15.8 Å². The predicted octanol–water partition coefficient (Wildman–Crippen LogP) is 1.88. The van der Waals surface area contributed by atoms with E-state index in [1.54, 1.807) is 0 Å². The molecule has 1 aromatic heterocycles. The highest BCUT2D eigenvalue weighted by atomic mass is 32.2. The number of carbonyl (C=O) groups is 1. The van der Waals surface area contributed by atoms with Gasteiger partial charge in [0.15, 0.2) is 11.5 Å². The second kappa shape index (κ2) is 6.21. The summed E-state index contributed by atoms with van der Waals surface area (Å²) in [6, 6.07) is 7.98. The molecule has 0 saturated carbocycles. The molecular weight excluding hydrogens is 338 g/mol. The fraction of sp³-hybridized carbons (Fsp3) is 0.267. The number of sulfonamides is 1. The number of hydrogen-bond acceptors (Lipinski definition) is 6. The first-order valence-corrected chi connectivity index (χ1v) is 9.25. The summed E-state index contributed by atoms with van der Waals surface area (Å²) in [6.45, 7) is 2.72. The van der Waals surface area contributed by atoms with Gasteiger partial charge in [0.05, 0.1) is 11.3 Å². The molecule has 3 rings (SSSR count). The number of hydrogen-bond donors (Lipinski definition) is 1. The number of amides is 1. The standard InChI is InChI=1S/C15H15NO5S2/c1-10-2-3-11(22-10)8-15(17)16-23(18,19)12-4-5-13-14(9-12)21-7-6-20-13/h2-5,9H,6-8H2,1H3,(H,16,17). The van der Waals surface area contributed by atoms with E-state index >= 15 is 0 Å². The Hall–Kier alpha value is -2.06. The summed E-state index contributed by atoms with van der Waals surface area (Å²) in [5, 5.41) is 0. The minimum Gasteiger partial charge on any atom is -0.486 e. The van der Waals surface area contributed by atoms with Crippen molar-refractivity contribution in [1.29, 1.82) is 0 Å². The lowest BCUT2D eigenvalue weighted by Gasteiger charge is -2.18. The molecule has 2 heterocycles. The molecule has 23 heavy (non-hydrogen) atoms. The van der Waals surface area contributed by atoms with E-state index in [-0.39, 0.29) is 11.3 Å². The molecule has 1 amide bonds. The second-order valence-corrected chi connectivity index (χ2v) is 8.08. The van der Waals surface area contributed by atoms with Crippen molar-refractivity contribution in [2.24, 2.45) is 0 Å². The van der Waals surface area contributed by atoms with Crippen LogP contribution >= 0.6 is 11.3 Å². The molecular formula is C15H15NO5S2. The highest BCUT2D eigenvalue weighted by molar-refractivity contribution is 7.90. The van der Waals surface area contributed by atoms with Crippen LogP contribution in [0.3, 0.4) is 0 Å². The number of nitrogens with one attached hydrogen (secondary N) is 1. The molecule has 1 aliphatic rings. The Balaban J connectivity index is 1.74. The minimum absolute atomic E-state index is 0.0300. The molecule has 1 N–H and O–H groups in total. The summed E-state index contributed by atoms with van der Waals surface area (Å²) in [7, 11) is -3.94. The van der Waals surface area contributed by atoms with Crippen LogP contribution in [0.1, 0.15) is 9.75 Å². The van der Waals surface area contributed by atoms with Crippen LogP contribution < -0.4 is 14.2 Å². The van der Waals surface area contributed by atoms with Crippen molar-refractivity contribution >= 4 is 27.3 Å². The van der Waals surface area contributed by atoms with Gasteiger partial charge < -0.3 is 9.47 Å². The Morgan fingerprint density at radius 3 is 2.61 bits per heavy atom. The van der Waals surface area contributed by atoms with Gasteiger partial charge in [0.2, 0.25) is 5.91 Å². The third-order valence-corrected chi connectivity index (χ3v) is 5.57. The van der Waals surface area contributed by atoms with Gasteiger partial charge in [-0.15, -0.1) is 11.3 Å². The lowest BCUT2D eigenvalue weighted by molar-refractivity contribution is -0.118. The first-order chi connectivity index (χ1) is 10.9. The van der Waals surface area contributed by atoms with E-state index in [4.69, 9.17) is 9.47 Å². The van der Waals surface area contributed by atoms with Crippen molar-refractivity contribution in [3.63, 3.8) is 0 Å². The molecule has 0 saturated heterocycles. The van der Waals surface area contributed by atoms with Crippen LogP contribution in [-0.2, 0) is 21.2 Å². The molecule has 1 aliphatic heterocycles. The van der Waals surface area contributed by atoms with Gasteiger partial charge in [-0.2, -0.15) is 0 Å². The third kappa shape index (κ3) is 3.65. The quantitative estimate of drug-likeness (QED) is 0.907. The zero-order valence-electron chi connectivity index (χ0n) is 12.4. The smallest absolute Gasteiger partial charge is 0.264 e. The SMILES string of the molecule is Cc1ccc(CC(=O)NS(=O)(=O)c2ccc3c(c2)OCCO3)s1. The number of fused-ring (bicyclic) bond motifs is 1. The monoisotopic (exact) mass is 353 g/mol. The van der Waals surface area contributed by atoms with E-state index in [9.17, 15) is 13.2 Å². The summed E-state index contributed by atoms with van der Waals surface area (Å²) in [5.41, 5.74) is 0. The predicted molar refractivity (Wildman–Crippen MR) is 85.5 cm³/mol. The Kier molecular flexibility index (Phi) is 4.27. The van der Waals surface area contributed by atoms with Gasteiger partial charge in [-0.05, 0) is 31.2 Å². The van der Waals surface area contributed by atoms with Crippen molar-refractivity contribution in [3.05, 3.63) is 40.1 Å². The van der Waals surface area contributed by atoms with Crippen molar-refractivity contribution in [3.8, 4) is 11.5 Å². The molecule has 1 aromatic carbocycles. The summed E-state index contributed by atoms with van der Waals surface area (Å²) >= 11 is 1.46. The Labute approximate surface area is 138 Å². The fourth-order valence-electron chi connectivity index (χ4n) is 2.17. The van der Waals surface area contributed by atoms with Gasteiger partial charge in [-0.25, -0.2) is 13.1 Å². The van der Waals surface area contributed by atoms with Crippen molar-refractivity contribution < 1.29 is 22.7 Å². The van der Waals surface area contributed by atoms with Gasteiger partial charge in [0.25, 0.3) is 10.0 Å². The molecule has 0 aliphatic carbocycles. The maximum absolute atomic E-state index is 12.3. The molecule has 122 valence electrons. The van der Waals surface area contributed by atoms with E-state index in [1.165, 1.54) is 29.5 Å². The van der Waals surface area contributed by atoms with Crippen molar-refractivity contribution in [2.75, 3.05) is 13.2 Å². The van der Waals surface area contributed by atoms with E-state index in [0.29, 0.717) is 24.7 Å². The molecule has 0 radical (unpaired) electrons. The van der Waals surface area contributed by atoms with Crippen LogP contribution in [0.2, 0.25) is 0 Å². The Bertz CT molecular complexity index is 841. The summed E-state index contributed by atoms with van der Waals surface area (Å²) in [6.07, 6.45) is 0.0300.